The van der Waals surface area contributed by atoms with Gasteiger partial charge >= 0.3 is 0 Å². The molecule has 0 heteroatoms. The van der Waals surface area contributed by atoms with E-state index in [-0.39, 0.29) is 27.1 Å². The van der Waals surface area contributed by atoms with Crippen LogP contribution in [0.5, 0.6) is 0 Å². The molecule has 0 bridgehead atoms. The Labute approximate surface area is 370 Å². The second kappa shape index (κ2) is 13.0. The Balaban J connectivity index is 1.43. The van der Waals surface area contributed by atoms with Crippen LogP contribution in [-0.2, 0) is 27.1 Å². The quantitative estimate of drug-likeness (QED) is 0.121. The van der Waals surface area contributed by atoms with Crippen molar-refractivity contribution in [3.05, 3.63) is 143 Å². The van der Waals surface area contributed by atoms with Crippen molar-refractivity contribution >= 4 is 53.9 Å². The van der Waals surface area contributed by atoms with Gasteiger partial charge in [-0.05, 0) is 153 Å². The highest BCUT2D eigenvalue weighted by molar-refractivity contribution is 6.39. The highest BCUT2D eigenvalue weighted by atomic mass is 14.4. The van der Waals surface area contributed by atoms with E-state index in [1.807, 2.05) is 0 Å². The van der Waals surface area contributed by atoms with Crippen LogP contribution in [0.15, 0.2) is 115 Å². The van der Waals surface area contributed by atoms with Crippen molar-refractivity contribution in [3.63, 3.8) is 0 Å². The zero-order chi connectivity index (χ0) is 44.2. The number of rotatable bonds is 2. The van der Waals surface area contributed by atoms with Crippen LogP contribution >= 0.6 is 0 Å². The maximum Gasteiger partial charge on any atom is -0.000740 e. The summed E-state index contributed by atoms with van der Waals surface area (Å²) < 4.78 is 0. The van der Waals surface area contributed by atoms with Crippen LogP contribution < -0.4 is 0 Å². The Morgan fingerprint density at radius 2 is 0.613 bits per heavy atom. The van der Waals surface area contributed by atoms with Crippen LogP contribution in [0.4, 0.5) is 0 Å². The molecule has 0 fully saturated rings. The average molecular weight is 809 g/mol. The summed E-state index contributed by atoms with van der Waals surface area (Å²) in [4.78, 5) is 0. The second-order valence-corrected chi connectivity index (χ2v) is 23.9. The maximum atomic E-state index is 2.52. The predicted molar refractivity (Wildman–Crippen MR) is 274 cm³/mol. The summed E-state index contributed by atoms with van der Waals surface area (Å²) in [5.74, 6) is 0. The predicted octanol–water partition coefficient (Wildman–Crippen LogP) is 18.4. The maximum absolute atomic E-state index is 2.52. The van der Waals surface area contributed by atoms with Crippen LogP contribution in [-0.4, -0.2) is 0 Å². The van der Waals surface area contributed by atoms with E-state index in [2.05, 4.69) is 219 Å². The molecule has 312 valence electrons. The number of fused-ring (bicyclic) bond motifs is 6. The lowest BCUT2D eigenvalue weighted by molar-refractivity contribution is 0.568. The summed E-state index contributed by atoms with van der Waals surface area (Å²) in [7, 11) is 0. The number of benzene rings is 9. The van der Waals surface area contributed by atoms with Gasteiger partial charge in [0.15, 0.2) is 0 Å². The fraction of sp³-hybridized carbons (Fsp3) is 0.323. The highest BCUT2D eigenvalue weighted by Gasteiger charge is 2.34. The lowest BCUT2D eigenvalue weighted by atomic mass is 9.75. The zero-order valence-electron chi connectivity index (χ0n) is 40.0. The van der Waals surface area contributed by atoms with Gasteiger partial charge in [0.1, 0.15) is 0 Å². The summed E-state index contributed by atoms with van der Waals surface area (Å²) in [6.07, 6.45) is 0. The largest absolute Gasteiger partial charge is 0.0616 e. The van der Waals surface area contributed by atoms with Gasteiger partial charge in [-0.3, -0.25) is 0 Å². The van der Waals surface area contributed by atoms with Crippen LogP contribution in [0.2, 0.25) is 0 Å². The monoisotopic (exact) mass is 809 g/mol. The minimum Gasteiger partial charge on any atom is -0.0616 e. The van der Waals surface area contributed by atoms with Gasteiger partial charge in [-0.25, -0.2) is 0 Å². The van der Waals surface area contributed by atoms with Gasteiger partial charge in [-0.15, -0.1) is 0 Å². The van der Waals surface area contributed by atoms with Gasteiger partial charge in [0.05, 0.1) is 0 Å². The molecular weight excluding hydrogens is 745 g/mol. The second-order valence-electron chi connectivity index (χ2n) is 23.9. The third-order valence-electron chi connectivity index (χ3n) is 14.3. The molecule has 0 unspecified atom stereocenters. The van der Waals surface area contributed by atoms with E-state index in [0.717, 1.165) is 0 Å². The zero-order valence-corrected chi connectivity index (χ0v) is 40.0. The molecule has 0 saturated heterocycles. The molecule has 0 aliphatic heterocycles. The Morgan fingerprint density at radius 1 is 0.258 bits per heavy atom. The van der Waals surface area contributed by atoms with Gasteiger partial charge in [-0.2, -0.15) is 0 Å². The Morgan fingerprint density at radius 3 is 1.02 bits per heavy atom. The lowest BCUT2D eigenvalue weighted by Crippen LogP contribution is -2.17. The molecule has 9 aromatic carbocycles. The Kier molecular flexibility index (Phi) is 8.54. The molecule has 0 amide bonds. The van der Waals surface area contributed by atoms with Crippen LogP contribution in [0.25, 0.3) is 98.4 Å². The normalized spacial score (nSPS) is 13.7. The third-order valence-corrected chi connectivity index (χ3v) is 14.3. The van der Waals surface area contributed by atoms with Crippen LogP contribution in [0, 0.1) is 0 Å². The molecular formula is C62H64. The topological polar surface area (TPSA) is 0 Å². The van der Waals surface area contributed by atoms with Crippen molar-refractivity contribution < 1.29 is 0 Å². The molecule has 10 rings (SSSR count). The molecule has 0 radical (unpaired) electrons. The van der Waals surface area contributed by atoms with Crippen molar-refractivity contribution in [1.82, 2.24) is 0 Å². The van der Waals surface area contributed by atoms with Gasteiger partial charge in [0.2, 0.25) is 0 Å². The van der Waals surface area contributed by atoms with E-state index in [0.29, 0.717) is 0 Å². The average Bonchev–Trinajstić information content (AvgIpc) is 3.52. The number of hydrogen-bond acceptors (Lipinski definition) is 0. The van der Waals surface area contributed by atoms with E-state index in [1.165, 1.54) is 126 Å². The molecule has 0 aromatic heterocycles. The van der Waals surface area contributed by atoms with Crippen molar-refractivity contribution in [2.45, 2.75) is 131 Å². The first-order chi connectivity index (χ1) is 28.9. The molecule has 0 atom stereocenters. The molecule has 0 nitrogen and oxygen atoms in total. The molecule has 0 spiro atoms. The highest BCUT2D eigenvalue weighted by Crippen LogP contribution is 2.60. The summed E-state index contributed by atoms with van der Waals surface area (Å²) in [5.41, 5.74) is 17.6. The molecule has 1 aliphatic carbocycles. The van der Waals surface area contributed by atoms with Crippen molar-refractivity contribution in [1.29, 1.82) is 0 Å². The van der Waals surface area contributed by atoms with Crippen LogP contribution in [0.1, 0.15) is 132 Å². The minimum absolute atomic E-state index is 0.0171. The minimum atomic E-state index is -0.0171. The van der Waals surface area contributed by atoms with Crippen LogP contribution in [0.3, 0.4) is 0 Å². The Bertz CT molecular complexity index is 3090. The molecule has 1 aliphatic rings. The molecule has 0 heterocycles. The molecule has 62 heavy (non-hydrogen) atoms. The van der Waals surface area contributed by atoms with E-state index < -0.39 is 0 Å². The van der Waals surface area contributed by atoms with Crippen molar-refractivity contribution in [2.75, 3.05) is 0 Å². The first kappa shape index (κ1) is 40.6. The lowest BCUT2D eigenvalue weighted by Gasteiger charge is -2.29. The SMILES string of the molecule is CC(C)(C)c1cc(-c2c3c(c(-c4cc(C(C)(C)C)cc(C(C)(C)C)c4)c4ccccc24)-c2ccc4c5ccc(C(C)(C)C)c6cccc(c7ccc-3c2c74)c65)cc(C(C)(C)C)c1. The van der Waals surface area contributed by atoms with Gasteiger partial charge < -0.3 is 0 Å². The molecule has 0 N–H and O–H groups in total. The third kappa shape index (κ3) is 6.07. The summed E-state index contributed by atoms with van der Waals surface area (Å²) in [5, 5.41) is 13.6. The standard InChI is InChI=1S/C62H64/c1-58(2,3)37-29-35(30-38(33-37)59(4,5)6)51-41-19-16-17-20-42(41)52(36-31-39(60(7,8)9)34-40(32-36)61(10,11)12)57-49-26-24-46-44-27-28-50(62(13,14)15)47-22-18-21-43(53(44)47)45-23-25-48(56(51)57)55(49)54(45)46/h16-34H,1-15H3. The fourth-order valence-electron chi connectivity index (χ4n) is 10.7. The van der Waals surface area contributed by atoms with E-state index in [4.69, 9.17) is 0 Å². The fourth-order valence-corrected chi connectivity index (χ4v) is 10.7. The van der Waals surface area contributed by atoms with E-state index >= 15 is 0 Å². The van der Waals surface area contributed by atoms with Gasteiger partial charge in [0, 0.05) is 0 Å². The Hall–Kier alpha value is -5.46. The summed E-state index contributed by atoms with van der Waals surface area (Å²) >= 11 is 0. The summed E-state index contributed by atoms with van der Waals surface area (Å²) in [6, 6.07) is 46.0. The van der Waals surface area contributed by atoms with E-state index in [1.54, 1.807) is 0 Å². The molecule has 9 aromatic rings. The van der Waals surface area contributed by atoms with Gasteiger partial charge in [0.25, 0.3) is 0 Å². The number of hydrogen-bond donors (Lipinski definition) is 0. The summed E-state index contributed by atoms with van der Waals surface area (Å²) in [6.45, 7) is 35.4. The van der Waals surface area contributed by atoms with E-state index in [9.17, 15) is 0 Å². The molecule has 0 saturated carbocycles. The smallest absolute Gasteiger partial charge is 0.000740 e. The van der Waals surface area contributed by atoms with Crippen molar-refractivity contribution in [2.24, 2.45) is 0 Å². The first-order valence-electron chi connectivity index (χ1n) is 23.0. The van der Waals surface area contributed by atoms with Gasteiger partial charge in [-0.1, -0.05) is 219 Å². The van der Waals surface area contributed by atoms with Crippen molar-refractivity contribution in [3.8, 4) is 44.5 Å². The first-order valence-corrected chi connectivity index (χ1v) is 23.0.